The molecule has 2 aromatic rings. The minimum Gasteiger partial charge on any atom is -0.443 e. The number of carbonyl (C=O) groups excluding carboxylic acids is 1. The molecule has 4 rings (SSSR count). The van der Waals surface area contributed by atoms with Gasteiger partial charge in [0.15, 0.2) is 0 Å². The van der Waals surface area contributed by atoms with Gasteiger partial charge in [0.2, 0.25) is 11.8 Å². The number of aryl methyl sites for hydroxylation is 1. The second-order valence-corrected chi connectivity index (χ2v) is 9.54. The van der Waals surface area contributed by atoms with Crippen molar-refractivity contribution >= 4 is 23.6 Å². The van der Waals surface area contributed by atoms with Crippen molar-refractivity contribution in [2.75, 3.05) is 0 Å². The van der Waals surface area contributed by atoms with E-state index >= 15 is 0 Å². The van der Waals surface area contributed by atoms with Crippen molar-refractivity contribution in [1.82, 2.24) is 4.90 Å². The number of aliphatic hydroxyl groups is 1. The van der Waals surface area contributed by atoms with Gasteiger partial charge < -0.3 is 14.4 Å². The zero-order valence-electron chi connectivity index (χ0n) is 19.8. The predicted octanol–water partition coefficient (Wildman–Crippen LogP) is 6.48. The Morgan fingerprint density at radius 2 is 1.94 bits per heavy atom. The van der Waals surface area contributed by atoms with Crippen LogP contribution in [0.25, 0.3) is 5.57 Å². The van der Waals surface area contributed by atoms with Gasteiger partial charge >= 0.3 is 0 Å². The fraction of sp³-hybridized carbons (Fsp3) is 0.481. The summed E-state index contributed by atoms with van der Waals surface area (Å²) in [7, 11) is 0. The quantitative estimate of drug-likeness (QED) is 0.449. The number of allylic oxidation sites excluding steroid dienone is 1. The highest BCUT2D eigenvalue weighted by atomic mass is 19.1. The molecule has 1 saturated heterocycles. The van der Waals surface area contributed by atoms with Gasteiger partial charge in [-0.05, 0) is 80.7 Å². The number of hydrogen-bond donors (Lipinski definition) is 1. The molecule has 2 heterocycles. The molecule has 182 valence electrons. The van der Waals surface area contributed by atoms with E-state index < -0.39 is 23.9 Å². The van der Waals surface area contributed by atoms with Crippen molar-refractivity contribution in [1.29, 1.82) is 0 Å². The lowest BCUT2D eigenvalue weighted by Gasteiger charge is -2.39. The number of furan rings is 1. The normalized spacial score (nSPS) is 24.6. The molecule has 1 aromatic carbocycles. The first-order valence-corrected chi connectivity index (χ1v) is 12.0. The molecule has 1 aliphatic heterocycles. The first kappa shape index (κ1) is 24.3. The van der Waals surface area contributed by atoms with E-state index in [2.05, 4.69) is 18.5 Å². The molecule has 1 saturated carbocycles. The number of carbonyl (C=O) groups is 1. The molecule has 1 amide bonds. The van der Waals surface area contributed by atoms with Gasteiger partial charge in [0, 0.05) is 23.8 Å². The molecule has 1 aliphatic carbocycles. The van der Waals surface area contributed by atoms with Crippen LogP contribution in [0.2, 0.25) is 0 Å². The Hall–Kier alpha value is -2.80. The smallest absolute Gasteiger partial charge is 0.228 e. The van der Waals surface area contributed by atoms with Crippen LogP contribution in [0.3, 0.4) is 0 Å². The van der Waals surface area contributed by atoms with Crippen molar-refractivity contribution in [3.05, 3.63) is 59.4 Å². The molecule has 2 aliphatic rings. The monoisotopic (exact) mass is 470 g/mol. The third-order valence-electron chi connectivity index (χ3n) is 6.84. The number of aliphatic imine (C=N–C) groups is 1. The van der Waals surface area contributed by atoms with E-state index in [1.54, 1.807) is 0 Å². The molecule has 0 radical (unpaired) electrons. The van der Waals surface area contributed by atoms with Gasteiger partial charge in [-0.25, -0.2) is 13.8 Å². The first-order valence-electron chi connectivity index (χ1n) is 12.0. The van der Waals surface area contributed by atoms with Crippen LogP contribution in [-0.2, 0) is 4.79 Å². The summed E-state index contributed by atoms with van der Waals surface area (Å²) in [5.41, 5.74) is 2.23. The Morgan fingerprint density at radius 3 is 2.62 bits per heavy atom. The van der Waals surface area contributed by atoms with E-state index in [1.807, 2.05) is 19.2 Å². The summed E-state index contributed by atoms with van der Waals surface area (Å²) in [5, 5.41) is 10.5. The van der Waals surface area contributed by atoms with E-state index in [0.717, 1.165) is 42.2 Å². The lowest BCUT2D eigenvalue weighted by atomic mass is 9.71. The van der Waals surface area contributed by atoms with E-state index in [1.165, 1.54) is 17.0 Å². The number of rotatable bonds is 8. The first-order chi connectivity index (χ1) is 16.3. The van der Waals surface area contributed by atoms with Gasteiger partial charge in [-0.1, -0.05) is 19.9 Å². The van der Waals surface area contributed by atoms with E-state index in [-0.39, 0.29) is 11.8 Å². The average molecular weight is 471 g/mol. The fourth-order valence-corrected chi connectivity index (χ4v) is 5.09. The SMILES string of the molecule is C=C(CC1CC(C(=O)N2C(O)CCC2c2cc(F)cc(F)c2)C1)c1cc(C)oc1/N=C\CCC. The summed E-state index contributed by atoms with van der Waals surface area (Å²) in [4.78, 5) is 19.1. The van der Waals surface area contributed by atoms with E-state index in [0.29, 0.717) is 43.0 Å². The minimum absolute atomic E-state index is 0.148. The van der Waals surface area contributed by atoms with Gasteiger partial charge in [0.25, 0.3) is 0 Å². The molecule has 1 aromatic heterocycles. The lowest BCUT2D eigenvalue weighted by molar-refractivity contribution is -0.150. The second kappa shape index (κ2) is 10.2. The topological polar surface area (TPSA) is 66.0 Å². The van der Waals surface area contributed by atoms with Crippen LogP contribution in [0.4, 0.5) is 14.7 Å². The highest BCUT2D eigenvalue weighted by molar-refractivity contribution is 5.81. The van der Waals surface area contributed by atoms with Gasteiger partial charge in [0.05, 0.1) is 6.04 Å². The van der Waals surface area contributed by atoms with Crippen LogP contribution in [0, 0.1) is 30.4 Å². The van der Waals surface area contributed by atoms with Crippen LogP contribution in [0.15, 0.2) is 40.3 Å². The van der Waals surface area contributed by atoms with Crippen molar-refractivity contribution < 1.29 is 23.1 Å². The third-order valence-corrected chi connectivity index (χ3v) is 6.84. The number of aliphatic hydroxyl groups excluding tert-OH is 1. The highest BCUT2D eigenvalue weighted by Gasteiger charge is 2.44. The highest BCUT2D eigenvalue weighted by Crippen LogP contribution is 2.45. The van der Waals surface area contributed by atoms with Gasteiger partial charge in [-0.15, -0.1) is 0 Å². The number of amides is 1. The number of benzene rings is 1. The molecule has 7 heteroatoms. The number of likely N-dealkylation sites (tertiary alicyclic amines) is 1. The van der Waals surface area contributed by atoms with E-state index in [9.17, 15) is 18.7 Å². The maximum Gasteiger partial charge on any atom is 0.228 e. The molecule has 34 heavy (non-hydrogen) atoms. The molecule has 2 atom stereocenters. The molecular formula is C27H32F2N2O3. The zero-order chi connectivity index (χ0) is 24.4. The molecular weight excluding hydrogens is 438 g/mol. The molecule has 2 unspecified atom stereocenters. The number of hydrogen-bond acceptors (Lipinski definition) is 4. The second-order valence-electron chi connectivity index (χ2n) is 9.54. The molecule has 2 fully saturated rings. The predicted molar refractivity (Wildman–Crippen MR) is 128 cm³/mol. The Kier molecular flexibility index (Phi) is 7.31. The number of halogens is 2. The fourth-order valence-electron chi connectivity index (χ4n) is 5.09. The van der Waals surface area contributed by atoms with Gasteiger partial charge in [-0.2, -0.15) is 0 Å². The van der Waals surface area contributed by atoms with Crippen LogP contribution < -0.4 is 0 Å². The summed E-state index contributed by atoms with van der Waals surface area (Å²) in [6.07, 6.45) is 5.80. The summed E-state index contributed by atoms with van der Waals surface area (Å²) in [6.45, 7) is 8.21. The van der Waals surface area contributed by atoms with Crippen molar-refractivity contribution in [3.8, 4) is 0 Å². The van der Waals surface area contributed by atoms with Gasteiger partial charge in [-0.3, -0.25) is 4.79 Å². The maximum atomic E-state index is 13.7. The third kappa shape index (κ3) is 5.14. The Labute approximate surface area is 199 Å². The largest absolute Gasteiger partial charge is 0.443 e. The summed E-state index contributed by atoms with van der Waals surface area (Å²) >= 11 is 0. The number of unbranched alkanes of at least 4 members (excludes halogenated alkanes) is 1. The Morgan fingerprint density at radius 1 is 1.24 bits per heavy atom. The Bertz CT molecular complexity index is 1070. The van der Waals surface area contributed by atoms with Crippen molar-refractivity contribution in [2.24, 2.45) is 16.8 Å². The molecule has 5 nitrogen and oxygen atoms in total. The van der Waals surface area contributed by atoms with Crippen molar-refractivity contribution in [3.63, 3.8) is 0 Å². The Balaban J connectivity index is 1.38. The lowest BCUT2D eigenvalue weighted by Crippen LogP contribution is -2.45. The minimum atomic E-state index is -0.935. The van der Waals surface area contributed by atoms with Crippen LogP contribution in [0.5, 0.6) is 0 Å². The summed E-state index contributed by atoms with van der Waals surface area (Å²) in [5.74, 6) is -0.0607. The standard InChI is InChI=1S/C27H32F2N2O3/c1-4-5-8-30-26-23(10-17(3)34-26)16(2)9-18-11-20(12-18)27(33)31-24(6-7-25(31)32)19-13-21(28)15-22(29)14-19/h8,10,13-15,18,20,24-25,32H,2,4-7,9,11-12H2,1,3H3/b30-8-. The van der Waals surface area contributed by atoms with Crippen molar-refractivity contribution in [2.45, 2.75) is 71.1 Å². The average Bonchev–Trinajstić information content (AvgIpc) is 3.31. The number of nitrogens with zero attached hydrogens (tertiary/aromatic N) is 2. The molecule has 0 bridgehead atoms. The van der Waals surface area contributed by atoms with Crippen LogP contribution >= 0.6 is 0 Å². The van der Waals surface area contributed by atoms with E-state index in [4.69, 9.17) is 4.42 Å². The molecule has 1 N–H and O–H groups in total. The zero-order valence-corrected chi connectivity index (χ0v) is 19.8. The van der Waals surface area contributed by atoms with Gasteiger partial charge in [0.1, 0.15) is 23.6 Å². The summed E-state index contributed by atoms with van der Waals surface area (Å²) in [6, 6.07) is 4.73. The summed E-state index contributed by atoms with van der Waals surface area (Å²) < 4.78 is 33.2. The van der Waals surface area contributed by atoms with Crippen LogP contribution in [-0.4, -0.2) is 28.4 Å². The maximum absolute atomic E-state index is 13.7. The molecule has 0 spiro atoms. The van der Waals surface area contributed by atoms with Crippen LogP contribution in [0.1, 0.15) is 74.8 Å².